The molecule has 0 aromatic carbocycles. The Balaban J connectivity index is 1.66. The fourth-order valence-electron chi connectivity index (χ4n) is 6.25. The number of hydroxylamine groups is 2. The molecule has 4 atom stereocenters. The summed E-state index contributed by atoms with van der Waals surface area (Å²) < 4.78 is 18.4. The van der Waals surface area contributed by atoms with E-state index >= 15 is 0 Å². The molecule has 11 heteroatoms. The molecule has 0 radical (unpaired) electrons. The van der Waals surface area contributed by atoms with Crippen molar-refractivity contribution in [1.82, 2.24) is 19.8 Å². The van der Waals surface area contributed by atoms with Crippen molar-refractivity contribution in [2.24, 2.45) is 11.3 Å². The molecule has 222 valence electrons. The summed E-state index contributed by atoms with van der Waals surface area (Å²) in [4.78, 5) is 53.9. The molecule has 3 saturated heterocycles. The molecule has 39 heavy (non-hydrogen) atoms. The number of hydrogen-bond donors (Lipinski definition) is 0. The van der Waals surface area contributed by atoms with Crippen LogP contribution in [-0.4, -0.2) is 107 Å². The first-order valence-electron chi connectivity index (χ1n) is 14.8. The number of carbonyl (C=O) groups excluding carboxylic acids is 3. The Kier molecular flexibility index (Phi) is 9.21. The van der Waals surface area contributed by atoms with Crippen molar-refractivity contribution >= 4 is 25.1 Å². The maximum absolute atomic E-state index is 14.2. The van der Waals surface area contributed by atoms with Crippen LogP contribution in [0.2, 0.25) is 0 Å². The second-order valence-corrected chi connectivity index (χ2v) is 16.0. The predicted octanol–water partition coefficient (Wildman–Crippen LogP) is 3.55. The molecule has 3 aliphatic heterocycles. The minimum absolute atomic E-state index is 0.0347. The molecule has 1 aliphatic carbocycles. The van der Waals surface area contributed by atoms with E-state index in [0.717, 1.165) is 38.8 Å². The molecular formula is C28H49N4O6P. The molecule has 4 aliphatic rings. The maximum Gasteiger partial charge on any atom is 0.257 e. The molecule has 10 nitrogen and oxygen atoms in total. The number of amides is 3. The summed E-state index contributed by atoms with van der Waals surface area (Å²) in [7, 11) is -3.19. The fourth-order valence-corrected chi connectivity index (χ4v) is 7.51. The molecule has 3 heterocycles. The van der Waals surface area contributed by atoms with E-state index in [1.165, 1.54) is 11.7 Å². The maximum atomic E-state index is 14.2. The number of rotatable bonds is 9. The van der Waals surface area contributed by atoms with Gasteiger partial charge >= 0.3 is 0 Å². The highest BCUT2D eigenvalue weighted by molar-refractivity contribution is 7.59. The van der Waals surface area contributed by atoms with Gasteiger partial charge in [0.1, 0.15) is 12.2 Å². The third-order valence-electron chi connectivity index (χ3n) is 8.42. The summed E-state index contributed by atoms with van der Waals surface area (Å²) in [6.45, 7) is 16.0. The van der Waals surface area contributed by atoms with Gasteiger partial charge in [0.2, 0.25) is 13.3 Å². The van der Waals surface area contributed by atoms with Crippen LogP contribution in [0.25, 0.3) is 0 Å². The minimum atomic E-state index is -3.19. The molecule has 3 amide bonds. The third kappa shape index (κ3) is 7.24. The van der Waals surface area contributed by atoms with Gasteiger partial charge in [0.05, 0.1) is 13.2 Å². The van der Waals surface area contributed by atoms with Gasteiger partial charge in [-0.05, 0) is 57.8 Å². The zero-order valence-corrected chi connectivity index (χ0v) is 25.8. The number of hydrogen-bond acceptors (Lipinski definition) is 7. The van der Waals surface area contributed by atoms with Crippen LogP contribution in [0.1, 0.15) is 80.1 Å². The molecule has 0 spiro atoms. The smallest absolute Gasteiger partial charge is 0.257 e. The van der Waals surface area contributed by atoms with Gasteiger partial charge in [0.25, 0.3) is 11.8 Å². The number of piperazine rings is 1. The van der Waals surface area contributed by atoms with Gasteiger partial charge in [-0.1, -0.05) is 33.6 Å². The summed E-state index contributed by atoms with van der Waals surface area (Å²) >= 11 is 0. The Hall–Kier alpha value is -1.48. The van der Waals surface area contributed by atoms with E-state index in [4.69, 9.17) is 9.36 Å². The number of piperidine rings is 1. The monoisotopic (exact) mass is 568 g/mol. The molecule has 0 aromatic rings. The molecule has 0 bridgehead atoms. The Labute approximate surface area is 234 Å². The van der Waals surface area contributed by atoms with Crippen molar-refractivity contribution in [3.8, 4) is 0 Å². The fraction of sp³-hybridized carbons (Fsp3) is 0.893. The van der Waals surface area contributed by atoms with Crippen LogP contribution >= 0.6 is 7.37 Å². The summed E-state index contributed by atoms with van der Waals surface area (Å²) in [5.74, 6) is -0.321. The van der Waals surface area contributed by atoms with Crippen LogP contribution in [0, 0.1) is 11.3 Å². The van der Waals surface area contributed by atoms with E-state index in [1.54, 1.807) is 11.8 Å². The summed E-state index contributed by atoms with van der Waals surface area (Å²) in [6, 6.07) is -0.197. The lowest BCUT2D eigenvalue weighted by molar-refractivity contribution is -0.276. The predicted molar refractivity (Wildman–Crippen MR) is 149 cm³/mol. The molecule has 4 fully saturated rings. The molecular weight excluding hydrogens is 519 g/mol. The van der Waals surface area contributed by atoms with Crippen molar-refractivity contribution in [3.05, 3.63) is 0 Å². The van der Waals surface area contributed by atoms with Gasteiger partial charge in [0, 0.05) is 31.8 Å². The molecule has 1 saturated carbocycles. The minimum Gasteiger partial charge on any atom is -0.334 e. The number of likely N-dealkylation sites (tertiary alicyclic amines) is 1. The van der Waals surface area contributed by atoms with Crippen LogP contribution in [0.15, 0.2) is 0 Å². The van der Waals surface area contributed by atoms with Gasteiger partial charge in [0.15, 0.2) is 12.3 Å². The lowest BCUT2D eigenvalue weighted by atomic mass is 9.84. The van der Waals surface area contributed by atoms with E-state index in [9.17, 15) is 18.9 Å². The Morgan fingerprint density at radius 3 is 2.28 bits per heavy atom. The first kappa shape index (κ1) is 30.5. The van der Waals surface area contributed by atoms with Gasteiger partial charge in [-0.25, -0.2) is 0 Å². The lowest BCUT2D eigenvalue weighted by Crippen LogP contribution is -2.75. The highest BCUT2D eigenvalue weighted by atomic mass is 31.2. The van der Waals surface area contributed by atoms with Crippen LogP contribution in [0.5, 0.6) is 0 Å². The highest BCUT2D eigenvalue weighted by Crippen LogP contribution is 2.44. The zero-order valence-electron chi connectivity index (χ0n) is 24.9. The van der Waals surface area contributed by atoms with Crippen LogP contribution in [0.3, 0.4) is 0 Å². The Morgan fingerprint density at radius 2 is 1.74 bits per heavy atom. The van der Waals surface area contributed by atoms with E-state index in [0.29, 0.717) is 24.8 Å². The first-order valence-corrected chi connectivity index (χ1v) is 17.0. The standard InChI is InChI=1S/C28H49N4O6P/c1-8-37-39(7,36)18-25(33)32-24-17-30(21-11-13-29(14-12-21)19(2)3)26(34)22(16-28(4,5)6)31(24)27(35)23(38-32)15-20-9-10-20/h19-24H,8-18H2,1-7H3/t22-,23+,24-,39?/m0/s1. The summed E-state index contributed by atoms with van der Waals surface area (Å²) in [6.07, 6.45) is 2.89. The van der Waals surface area contributed by atoms with E-state index in [-0.39, 0.29) is 42.6 Å². The van der Waals surface area contributed by atoms with Crippen molar-refractivity contribution in [2.75, 3.05) is 39.1 Å². The van der Waals surface area contributed by atoms with Crippen molar-refractivity contribution in [3.63, 3.8) is 0 Å². The quantitative estimate of drug-likeness (QED) is 0.392. The Bertz CT molecular complexity index is 972. The van der Waals surface area contributed by atoms with Gasteiger partial charge < -0.3 is 19.2 Å². The number of nitrogens with zero attached hydrogens (tertiary/aromatic N) is 4. The second-order valence-electron chi connectivity index (χ2n) is 13.4. The average molecular weight is 569 g/mol. The van der Waals surface area contributed by atoms with Gasteiger partial charge in [-0.15, -0.1) is 0 Å². The molecule has 0 N–H and O–H groups in total. The summed E-state index contributed by atoms with van der Waals surface area (Å²) in [5.41, 5.74) is -0.220. The average Bonchev–Trinajstić information content (AvgIpc) is 3.65. The Morgan fingerprint density at radius 1 is 1.10 bits per heavy atom. The topological polar surface area (TPSA) is 99.7 Å². The van der Waals surface area contributed by atoms with E-state index < -0.39 is 31.6 Å². The molecule has 4 rings (SSSR count). The van der Waals surface area contributed by atoms with Crippen molar-refractivity contribution in [1.29, 1.82) is 0 Å². The largest absolute Gasteiger partial charge is 0.334 e. The molecule has 1 unspecified atom stereocenters. The van der Waals surface area contributed by atoms with E-state index in [2.05, 4.69) is 39.5 Å². The van der Waals surface area contributed by atoms with Gasteiger partial charge in [-0.2, -0.15) is 5.06 Å². The van der Waals surface area contributed by atoms with E-state index in [1.807, 2.05) is 4.90 Å². The molecule has 0 aromatic heterocycles. The first-order chi connectivity index (χ1) is 18.2. The normalized spacial score (nSPS) is 29.1. The SMILES string of the molecule is CCOP(C)(=O)CC(=O)N1O[C@H](CC2CC2)C(=O)N2[C@@H]1CN(C1CCN(C(C)C)CC1)C(=O)[C@@H]2CC(C)(C)C. The lowest BCUT2D eigenvalue weighted by Gasteiger charge is -2.55. The van der Waals surface area contributed by atoms with Crippen LogP contribution in [-0.2, 0) is 28.3 Å². The highest BCUT2D eigenvalue weighted by Gasteiger charge is 2.55. The number of carbonyl (C=O) groups is 3. The van der Waals surface area contributed by atoms with Crippen LogP contribution < -0.4 is 0 Å². The number of fused-ring (bicyclic) bond motifs is 1. The van der Waals surface area contributed by atoms with Crippen molar-refractivity contribution in [2.45, 2.75) is 110 Å². The van der Waals surface area contributed by atoms with Crippen molar-refractivity contribution < 1.29 is 28.3 Å². The second kappa shape index (κ2) is 11.8. The summed E-state index contributed by atoms with van der Waals surface area (Å²) in [5, 5.41) is 1.28. The van der Waals surface area contributed by atoms with Crippen LogP contribution in [0.4, 0.5) is 0 Å². The zero-order chi connectivity index (χ0) is 28.7. The van der Waals surface area contributed by atoms with Gasteiger partial charge in [-0.3, -0.25) is 23.8 Å². The third-order valence-corrected chi connectivity index (χ3v) is 10.1.